The molecule has 0 aliphatic carbocycles. The molecule has 1 N–H and O–H groups in total. The minimum absolute atomic E-state index is 0.219. The molecule has 0 fully saturated rings. The topological polar surface area (TPSA) is 15.3 Å². The number of rotatable bonds is 6. The van der Waals surface area contributed by atoms with Crippen molar-refractivity contribution < 1.29 is 0 Å². The molecule has 0 radical (unpaired) electrons. The molecule has 0 atom stereocenters. The summed E-state index contributed by atoms with van der Waals surface area (Å²) in [5.74, 6) is 0. The maximum absolute atomic E-state index is 6.13. The highest BCUT2D eigenvalue weighted by Crippen LogP contribution is 2.24. The second-order valence-electron chi connectivity index (χ2n) is 5.71. The Hall–Kier alpha value is -0.280. The first-order valence-corrected chi connectivity index (χ1v) is 6.86. The molecule has 4 heteroatoms. The highest BCUT2D eigenvalue weighted by molar-refractivity contribution is 6.35. The van der Waals surface area contributed by atoms with Gasteiger partial charge in [0.05, 0.1) is 0 Å². The van der Waals surface area contributed by atoms with Crippen molar-refractivity contribution in [3.8, 4) is 0 Å². The van der Waals surface area contributed by atoms with Crippen LogP contribution in [0.5, 0.6) is 0 Å². The minimum Gasteiger partial charge on any atom is -0.312 e. The average molecular weight is 289 g/mol. The van der Waals surface area contributed by atoms with Crippen LogP contribution in [0, 0.1) is 5.41 Å². The molecule has 1 aromatic rings. The number of halogens is 2. The zero-order chi connectivity index (χ0) is 13.8. The van der Waals surface area contributed by atoms with E-state index in [9.17, 15) is 0 Å². The van der Waals surface area contributed by atoms with Crippen molar-refractivity contribution in [2.24, 2.45) is 5.41 Å². The van der Waals surface area contributed by atoms with Gasteiger partial charge >= 0.3 is 0 Å². The van der Waals surface area contributed by atoms with Crippen molar-refractivity contribution in [2.75, 3.05) is 27.2 Å². The third-order valence-electron chi connectivity index (χ3n) is 2.71. The predicted molar refractivity (Wildman–Crippen MR) is 80.5 cm³/mol. The smallest absolute Gasteiger partial charge is 0.0465 e. The van der Waals surface area contributed by atoms with Crippen LogP contribution in [0.3, 0.4) is 0 Å². The normalized spacial score (nSPS) is 12.2. The Labute approximate surface area is 120 Å². The first-order valence-electron chi connectivity index (χ1n) is 6.10. The van der Waals surface area contributed by atoms with E-state index in [4.69, 9.17) is 23.2 Å². The summed E-state index contributed by atoms with van der Waals surface area (Å²) >= 11 is 12.3. The van der Waals surface area contributed by atoms with Crippen molar-refractivity contribution in [3.05, 3.63) is 33.8 Å². The van der Waals surface area contributed by atoms with Crippen LogP contribution in [0.25, 0.3) is 0 Å². The van der Waals surface area contributed by atoms with Gasteiger partial charge in [-0.05, 0) is 31.6 Å². The summed E-state index contributed by atoms with van der Waals surface area (Å²) in [6.07, 6.45) is 0. The van der Waals surface area contributed by atoms with Crippen molar-refractivity contribution in [1.29, 1.82) is 0 Å². The van der Waals surface area contributed by atoms with Crippen molar-refractivity contribution in [1.82, 2.24) is 10.2 Å². The number of nitrogens with zero attached hydrogens (tertiary/aromatic N) is 1. The highest BCUT2D eigenvalue weighted by atomic mass is 35.5. The molecule has 0 unspecified atom stereocenters. The van der Waals surface area contributed by atoms with Gasteiger partial charge in [0.15, 0.2) is 0 Å². The molecule has 0 aliphatic rings. The van der Waals surface area contributed by atoms with Crippen LogP contribution in [-0.2, 0) is 6.54 Å². The first kappa shape index (κ1) is 15.8. The minimum atomic E-state index is 0.219. The van der Waals surface area contributed by atoms with E-state index >= 15 is 0 Å². The van der Waals surface area contributed by atoms with E-state index in [1.165, 1.54) is 0 Å². The van der Waals surface area contributed by atoms with Crippen LogP contribution >= 0.6 is 23.2 Å². The van der Waals surface area contributed by atoms with Crippen LogP contribution < -0.4 is 5.32 Å². The van der Waals surface area contributed by atoms with Gasteiger partial charge in [-0.1, -0.05) is 43.1 Å². The van der Waals surface area contributed by atoms with Crippen LogP contribution in [0.4, 0.5) is 0 Å². The Kier molecular flexibility index (Phi) is 5.93. The predicted octanol–water partition coefficient (Wildman–Crippen LogP) is 3.67. The van der Waals surface area contributed by atoms with Crippen LogP contribution in [0.2, 0.25) is 10.0 Å². The summed E-state index contributed by atoms with van der Waals surface area (Å²) in [6, 6.07) is 5.61. The van der Waals surface area contributed by atoms with E-state index in [2.05, 4.69) is 38.2 Å². The summed E-state index contributed by atoms with van der Waals surface area (Å²) < 4.78 is 0. The zero-order valence-electron chi connectivity index (χ0n) is 11.6. The number of nitrogens with one attached hydrogen (secondary N) is 1. The molecule has 1 rings (SSSR count). The number of hydrogen-bond donors (Lipinski definition) is 1. The third-order valence-corrected chi connectivity index (χ3v) is 3.42. The van der Waals surface area contributed by atoms with E-state index in [0.717, 1.165) is 28.7 Å². The van der Waals surface area contributed by atoms with E-state index in [1.807, 2.05) is 18.2 Å². The molecule has 1 aromatic carbocycles. The second kappa shape index (κ2) is 6.76. The molecule has 0 aromatic heterocycles. The summed E-state index contributed by atoms with van der Waals surface area (Å²) in [6.45, 7) is 7.15. The Morgan fingerprint density at radius 1 is 1.17 bits per heavy atom. The SMILES string of the molecule is CN(C)CC(C)(C)CNCc1c(Cl)cccc1Cl. The lowest BCUT2D eigenvalue weighted by molar-refractivity contribution is 0.232. The summed E-state index contributed by atoms with van der Waals surface area (Å²) in [5, 5.41) is 4.88. The van der Waals surface area contributed by atoms with Gasteiger partial charge in [0.1, 0.15) is 0 Å². The average Bonchev–Trinajstić information content (AvgIpc) is 2.20. The Balaban J connectivity index is 2.51. The Morgan fingerprint density at radius 2 is 1.72 bits per heavy atom. The zero-order valence-corrected chi connectivity index (χ0v) is 13.1. The fourth-order valence-electron chi connectivity index (χ4n) is 2.14. The quantitative estimate of drug-likeness (QED) is 0.859. The number of hydrogen-bond acceptors (Lipinski definition) is 2. The largest absolute Gasteiger partial charge is 0.312 e. The van der Waals surface area contributed by atoms with Gasteiger partial charge in [0.2, 0.25) is 0 Å². The fourth-order valence-corrected chi connectivity index (χ4v) is 2.67. The fraction of sp³-hybridized carbons (Fsp3) is 0.571. The van der Waals surface area contributed by atoms with Gasteiger partial charge in [-0.25, -0.2) is 0 Å². The maximum Gasteiger partial charge on any atom is 0.0465 e. The molecular formula is C14H22Cl2N2. The van der Waals surface area contributed by atoms with Gasteiger partial charge in [-0.2, -0.15) is 0 Å². The summed E-state index contributed by atoms with van der Waals surface area (Å²) in [5.41, 5.74) is 1.19. The van der Waals surface area contributed by atoms with Crippen molar-refractivity contribution in [3.63, 3.8) is 0 Å². The lowest BCUT2D eigenvalue weighted by Gasteiger charge is -2.28. The van der Waals surface area contributed by atoms with Gasteiger partial charge in [-0.15, -0.1) is 0 Å². The van der Waals surface area contributed by atoms with Crippen LogP contribution in [-0.4, -0.2) is 32.1 Å². The second-order valence-corrected chi connectivity index (χ2v) is 6.52. The highest BCUT2D eigenvalue weighted by Gasteiger charge is 2.18. The molecule has 0 bridgehead atoms. The standard InChI is InChI=1S/C14H22Cl2N2/c1-14(2,10-18(3)4)9-17-8-11-12(15)6-5-7-13(11)16/h5-7,17H,8-10H2,1-4H3. The summed E-state index contributed by atoms with van der Waals surface area (Å²) in [4.78, 5) is 2.20. The molecule has 0 saturated heterocycles. The molecule has 0 saturated carbocycles. The molecule has 0 spiro atoms. The number of benzene rings is 1. The monoisotopic (exact) mass is 288 g/mol. The Bertz CT molecular complexity index is 369. The summed E-state index contributed by atoms with van der Waals surface area (Å²) in [7, 11) is 4.18. The molecule has 18 heavy (non-hydrogen) atoms. The van der Waals surface area contributed by atoms with Gasteiger partial charge in [0, 0.05) is 35.2 Å². The van der Waals surface area contributed by atoms with Gasteiger partial charge in [-0.3, -0.25) is 0 Å². The van der Waals surface area contributed by atoms with Crippen molar-refractivity contribution >= 4 is 23.2 Å². The lowest BCUT2D eigenvalue weighted by Crippen LogP contribution is -2.37. The van der Waals surface area contributed by atoms with E-state index in [1.54, 1.807) is 0 Å². The molecule has 0 aliphatic heterocycles. The van der Waals surface area contributed by atoms with E-state index < -0.39 is 0 Å². The van der Waals surface area contributed by atoms with E-state index in [0.29, 0.717) is 6.54 Å². The van der Waals surface area contributed by atoms with Crippen LogP contribution in [0.1, 0.15) is 19.4 Å². The van der Waals surface area contributed by atoms with E-state index in [-0.39, 0.29) is 5.41 Å². The first-order chi connectivity index (χ1) is 8.32. The molecule has 0 heterocycles. The molecule has 0 amide bonds. The lowest BCUT2D eigenvalue weighted by atomic mass is 9.93. The molecule has 102 valence electrons. The molecular weight excluding hydrogens is 267 g/mol. The molecule has 2 nitrogen and oxygen atoms in total. The van der Waals surface area contributed by atoms with Gasteiger partial charge < -0.3 is 10.2 Å². The maximum atomic E-state index is 6.13. The van der Waals surface area contributed by atoms with Crippen LogP contribution in [0.15, 0.2) is 18.2 Å². The van der Waals surface area contributed by atoms with Gasteiger partial charge in [0.25, 0.3) is 0 Å². The Morgan fingerprint density at radius 3 is 2.22 bits per heavy atom. The third kappa shape index (κ3) is 5.15. The van der Waals surface area contributed by atoms with Crippen molar-refractivity contribution in [2.45, 2.75) is 20.4 Å².